The number of rotatable bonds is 7. The van der Waals surface area contributed by atoms with E-state index in [1.54, 1.807) is 38.1 Å². The van der Waals surface area contributed by atoms with Crippen LogP contribution in [0.1, 0.15) is 31.1 Å². The molecule has 0 saturated heterocycles. The molecule has 0 unspecified atom stereocenters. The van der Waals surface area contributed by atoms with Gasteiger partial charge in [-0.2, -0.15) is 5.48 Å². The molecule has 0 heterocycles. The molecule has 104 valence electrons. The van der Waals surface area contributed by atoms with Crippen LogP contribution in [-0.2, 0) is 9.47 Å². The molecule has 5 heteroatoms. The summed E-state index contributed by atoms with van der Waals surface area (Å²) < 4.78 is 10.1. The number of hydrogen-bond donors (Lipinski definition) is 1. The third-order valence-corrected chi connectivity index (χ3v) is 2.03. The van der Waals surface area contributed by atoms with E-state index in [-0.39, 0.29) is 12.1 Å². The Morgan fingerprint density at radius 3 is 2.47 bits per heavy atom. The lowest BCUT2D eigenvalue weighted by Gasteiger charge is -2.11. The Hall–Kier alpha value is -2.17. The van der Waals surface area contributed by atoms with Gasteiger partial charge < -0.3 is 14.3 Å². The minimum atomic E-state index is -0.353. The van der Waals surface area contributed by atoms with Gasteiger partial charge in [-0.25, -0.2) is 4.79 Å². The van der Waals surface area contributed by atoms with Gasteiger partial charge in [0.15, 0.2) is 5.75 Å². The Morgan fingerprint density at radius 2 is 1.95 bits per heavy atom. The summed E-state index contributed by atoms with van der Waals surface area (Å²) in [5.41, 5.74) is 3.02. The predicted octanol–water partition coefficient (Wildman–Crippen LogP) is 2.64. The van der Waals surface area contributed by atoms with Crippen molar-refractivity contribution in [2.75, 3.05) is 6.61 Å². The SMILES string of the molecule is C=C(NOc1ccc(C(=O)OC(C)C)cc1)OCC. The van der Waals surface area contributed by atoms with Crippen molar-refractivity contribution in [1.82, 2.24) is 5.48 Å². The Kier molecular flexibility index (Phi) is 5.73. The first-order valence-corrected chi connectivity index (χ1v) is 6.08. The van der Waals surface area contributed by atoms with E-state index in [9.17, 15) is 4.79 Å². The van der Waals surface area contributed by atoms with Gasteiger partial charge in [0.2, 0.25) is 5.88 Å². The molecule has 0 aromatic heterocycles. The lowest BCUT2D eigenvalue weighted by molar-refractivity contribution is 0.0377. The number of carbonyl (C=O) groups excluding carboxylic acids is 1. The quantitative estimate of drug-likeness (QED) is 0.466. The van der Waals surface area contributed by atoms with Crippen LogP contribution in [0.15, 0.2) is 36.7 Å². The average Bonchev–Trinajstić information content (AvgIpc) is 2.36. The maximum atomic E-state index is 11.6. The average molecular weight is 265 g/mol. The van der Waals surface area contributed by atoms with Crippen molar-refractivity contribution >= 4 is 5.97 Å². The maximum Gasteiger partial charge on any atom is 0.338 e. The summed E-state index contributed by atoms with van der Waals surface area (Å²) in [5.74, 6) is 0.515. The first-order valence-electron chi connectivity index (χ1n) is 6.08. The van der Waals surface area contributed by atoms with Gasteiger partial charge in [0.25, 0.3) is 0 Å². The molecule has 1 aromatic rings. The van der Waals surface area contributed by atoms with Crippen LogP contribution >= 0.6 is 0 Å². The normalized spacial score (nSPS) is 9.89. The zero-order valence-electron chi connectivity index (χ0n) is 11.4. The molecule has 0 aliphatic heterocycles. The van der Waals surface area contributed by atoms with Crippen molar-refractivity contribution < 1.29 is 19.1 Å². The zero-order chi connectivity index (χ0) is 14.3. The highest BCUT2D eigenvalue weighted by molar-refractivity contribution is 5.89. The molecule has 0 aliphatic carbocycles. The number of ether oxygens (including phenoxy) is 2. The summed E-state index contributed by atoms with van der Waals surface area (Å²) >= 11 is 0. The van der Waals surface area contributed by atoms with E-state index in [0.29, 0.717) is 23.8 Å². The predicted molar refractivity (Wildman–Crippen MR) is 71.5 cm³/mol. The van der Waals surface area contributed by atoms with Crippen LogP contribution in [-0.4, -0.2) is 18.7 Å². The van der Waals surface area contributed by atoms with E-state index < -0.39 is 0 Å². The highest BCUT2D eigenvalue weighted by atomic mass is 16.7. The second kappa shape index (κ2) is 7.31. The van der Waals surface area contributed by atoms with Crippen LogP contribution < -0.4 is 10.3 Å². The molecule has 1 rings (SSSR count). The van der Waals surface area contributed by atoms with Crippen LogP contribution in [0.25, 0.3) is 0 Å². The largest absolute Gasteiger partial charge is 0.478 e. The van der Waals surface area contributed by atoms with E-state index >= 15 is 0 Å². The molecule has 0 fully saturated rings. The Bertz CT molecular complexity index is 426. The molecular weight excluding hydrogens is 246 g/mol. The van der Waals surface area contributed by atoms with E-state index in [4.69, 9.17) is 14.3 Å². The Balaban J connectivity index is 2.52. The fourth-order valence-corrected chi connectivity index (χ4v) is 1.26. The minimum Gasteiger partial charge on any atom is -0.478 e. The van der Waals surface area contributed by atoms with Crippen molar-refractivity contribution in [2.45, 2.75) is 26.9 Å². The summed E-state index contributed by atoms with van der Waals surface area (Å²) in [7, 11) is 0. The molecule has 1 aromatic carbocycles. The molecule has 19 heavy (non-hydrogen) atoms. The molecular formula is C14H19NO4. The van der Waals surface area contributed by atoms with Crippen molar-refractivity contribution in [3.05, 3.63) is 42.3 Å². The highest BCUT2D eigenvalue weighted by Gasteiger charge is 2.09. The third-order valence-electron chi connectivity index (χ3n) is 2.03. The van der Waals surface area contributed by atoms with E-state index in [1.165, 1.54) is 0 Å². The van der Waals surface area contributed by atoms with Crippen molar-refractivity contribution in [3.63, 3.8) is 0 Å². The lowest BCUT2D eigenvalue weighted by atomic mass is 10.2. The van der Waals surface area contributed by atoms with Gasteiger partial charge in [-0.05, 0) is 51.6 Å². The molecule has 0 saturated carbocycles. The number of hydrogen-bond acceptors (Lipinski definition) is 5. The van der Waals surface area contributed by atoms with E-state index in [0.717, 1.165) is 0 Å². The number of carbonyl (C=O) groups is 1. The fraction of sp³-hybridized carbons (Fsp3) is 0.357. The number of hydroxylamine groups is 1. The fourth-order valence-electron chi connectivity index (χ4n) is 1.26. The number of nitrogens with one attached hydrogen (secondary N) is 1. The van der Waals surface area contributed by atoms with Gasteiger partial charge in [-0.1, -0.05) is 0 Å². The molecule has 0 atom stereocenters. The topological polar surface area (TPSA) is 56.8 Å². The molecule has 1 N–H and O–H groups in total. The highest BCUT2D eigenvalue weighted by Crippen LogP contribution is 2.13. The minimum absolute atomic E-state index is 0.139. The summed E-state index contributed by atoms with van der Waals surface area (Å²) in [4.78, 5) is 16.8. The summed E-state index contributed by atoms with van der Waals surface area (Å²) in [6.45, 7) is 9.57. The number of esters is 1. The standard InChI is InChI=1S/C14H19NO4/c1-5-17-11(4)15-19-13-8-6-12(7-9-13)14(16)18-10(2)3/h6-10,15H,4-5H2,1-3H3. The lowest BCUT2D eigenvalue weighted by Crippen LogP contribution is -2.19. The maximum absolute atomic E-state index is 11.6. The van der Waals surface area contributed by atoms with Crippen LogP contribution in [0.4, 0.5) is 0 Å². The van der Waals surface area contributed by atoms with Gasteiger partial charge in [0, 0.05) is 0 Å². The van der Waals surface area contributed by atoms with Gasteiger partial charge >= 0.3 is 5.97 Å². The van der Waals surface area contributed by atoms with Gasteiger partial charge in [0.05, 0.1) is 18.3 Å². The molecule has 5 nitrogen and oxygen atoms in total. The van der Waals surface area contributed by atoms with Crippen LogP contribution in [0, 0.1) is 0 Å². The van der Waals surface area contributed by atoms with Crippen LogP contribution in [0.2, 0.25) is 0 Å². The Labute approximate surface area is 113 Å². The van der Waals surface area contributed by atoms with Crippen molar-refractivity contribution in [2.24, 2.45) is 0 Å². The van der Waals surface area contributed by atoms with Crippen molar-refractivity contribution in [1.29, 1.82) is 0 Å². The van der Waals surface area contributed by atoms with E-state index in [1.807, 2.05) is 6.92 Å². The van der Waals surface area contributed by atoms with E-state index in [2.05, 4.69) is 12.1 Å². The van der Waals surface area contributed by atoms with Gasteiger partial charge in [0.1, 0.15) is 0 Å². The monoisotopic (exact) mass is 265 g/mol. The summed E-state index contributed by atoms with van der Waals surface area (Å²) in [6, 6.07) is 6.57. The molecule has 0 aliphatic rings. The Morgan fingerprint density at radius 1 is 1.32 bits per heavy atom. The van der Waals surface area contributed by atoms with Crippen LogP contribution in [0.3, 0.4) is 0 Å². The van der Waals surface area contributed by atoms with Gasteiger partial charge in [-0.3, -0.25) is 0 Å². The molecule has 0 radical (unpaired) electrons. The molecule has 0 spiro atoms. The van der Waals surface area contributed by atoms with Crippen LogP contribution in [0.5, 0.6) is 5.75 Å². The smallest absolute Gasteiger partial charge is 0.338 e. The summed E-state index contributed by atoms with van der Waals surface area (Å²) in [6.07, 6.45) is -0.139. The summed E-state index contributed by atoms with van der Waals surface area (Å²) in [5, 5.41) is 0. The first-order chi connectivity index (χ1) is 9.02. The molecule has 0 bridgehead atoms. The third kappa shape index (κ3) is 5.33. The zero-order valence-corrected chi connectivity index (χ0v) is 11.4. The number of benzene rings is 1. The molecule has 0 amide bonds. The van der Waals surface area contributed by atoms with Gasteiger partial charge in [-0.15, -0.1) is 0 Å². The van der Waals surface area contributed by atoms with Crippen molar-refractivity contribution in [3.8, 4) is 5.75 Å². The first kappa shape index (κ1) is 14.9. The second-order valence-corrected chi connectivity index (χ2v) is 4.04. The second-order valence-electron chi connectivity index (χ2n) is 4.04.